The first-order chi connectivity index (χ1) is 7.51. The second-order valence-corrected chi connectivity index (χ2v) is 5.30. The molecule has 2 atom stereocenters. The maximum absolute atomic E-state index is 5.42. The highest BCUT2D eigenvalue weighted by Gasteiger charge is 2.56. The third-order valence-corrected chi connectivity index (χ3v) is 4.36. The van der Waals surface area contributed by atoms with E-state index in [9.17, 15) is 0 Å². The molecule has 0 amide bonds. The highest BCUT2D eigenvalue weighted by atomic mass is 16.9. The molecule has 2 unspecified atom stereocenters. The average molecular weight is 226 g/mol. The fraction of sp³-hybridized carbons (Fsp3) is 0.846. The van der Waals surface area contributed by atoms with Crippen molar-refractivity contribution < 1.29 is 14.2 Å². The van der Waals surface area contributed by atoms with Gasteiger partial charge in [0.05, 0.1) is 5.92 Å². The lowest BCUT2D eigenvalue weighted by molar-refractivity contribution is -0.372. The van der Waals surface area contributed by atoms with Crippen molar-refractivity contribution in [3.05, 3.63) is 11.6 Å². The summed E-state index contributed by atoms with van der Waals surface area (Å²) in [5.74, 6) is 0.0592. The van der Waals surface area contributed by atoms with Crippen LogP contribution in [0.15, 0.2) is 11.6 Å². The third kappa shape index (κ3) is 1.53. The van der Waals surface area contributed by atoms with Gasteiger partial charge in [0.15, 0.2) is 0 Å². The van der Waals surface area contributed by atoms with Crippen LogP contribution in [0.25, 0.3) is 0 Å². The number of rotatable bonds is 4. The summed E-state index contributed by atoms with van der Waals surface area (Å²) in [4.78, 5) is 0. The first-order valence-corrected chi connectivity index (χ1v) is 5.89. The molecule has 0 saturated heterocycles. The van der Waals surface area contributed by atoms with Crippen molar-refractivity contribution in [3.63, 3.8) is 0 Å². The molecule has 3 nitrogen and oxygen atoms in total. The fourth-order valence-corrected chi connectivity index (χ4v) is 3.15. The Balaban J connectivity index is 2.20. The summed E-state index contributed by atoms with van der Waals surface area (Å²) in [5, 5.41) is 0. The Morgan fingerprint density at radius 2 is 1.69 bits per heavy atom. The Bertz CT molecular complexity index is 294. The Morgan fingerprint density at radius 1 is 1.12 bits per heavy atom. The van der Waals surface area contributed by atoms with Gasteiger partial charge < -0.3 is 14.2 Å². The molecule has 0 aromatic rings. The van der Waals surface area contributed by atoms with Crippen LogP contribution in [0.2, 0.25) is 0 Å². The van der Waals surface area contributed by atoms with Gasteiger partial charge in [0.2, 0.25) is 0 Å². The van der Waals surface area contributed by atoms with Crippen LogP contribution in [0.3, 0.4) is 0 Å². The molecule has 0 spiro atoms. The first kappa shape index (κ1) is 12.1. The van der Waals surface area contributed by atoms with Gasteiger partial charge >= 0.3 is 0 Å². The van der Waals surface area contributed by atoms with Gasteiger partial charge in [0, 0.05) is 21.3 Å². The normalized spacial score (nSPS) is 31.9. The van der Waals surface area contributed by atoms with Crippen LogP contribution in [0.5, 0.6) is 0 Å². The number of fused-ring (bicyclic) bond motifs is 1. The molecule has 0 radical (unpaired) electrons. The van der Waals surface area contributed by atoms with Gasteiger partial charge in [-0.1, -0.05) is 25.5 Å². The maximum Gasteiger partial charge on any atom is 0.288 e. The molecule has 0 aromatic heterocycles. The minimum absolute atomic E-state index is 0.195. The van der Waals surface area contributed by atoms with E-state index in [1.807, 2.05) is 0 Å². The van der Waals surface area contributed by atoms with Crippen LogP contribution < -0.4 is 0 Å². The second-order valence-electron chi connectivity index (χ2n) is 5.30. The monoisotopic (exact) mass is 226 g/mol. The quantitative estimate of drug-likeness (QED) is 0.544. The summed E-state index contributed by atoms with van der Waals surface area (Å²) < 4.78 is 16.3. The van der Waals surface area contributed by atoms with Gasteiger partial charge in [0.1, 0.15) is 0 Å². The van der Waals surface area contributed by atoms with Crippen molar-refractivity contribution in [2.75, 3.05) is 21.3 Å². The summed E-state index contributed by atoms with van der Waals surface area (Å²) >= 11 is 0. The minimum atomic E-state index is -0.906. The number of ether oxygens (including phenoxy) is 3. The molecule has 0 N–H and O–H groups in total. The van der Waals surface area contributed by atoms with Gasteiger partial charge in [-0.05, 0) is 24.2 Å². The van der Waals surface area contributed by atoms with E-state index < -0.39 is 5.97 Å². The number of allylic oxidation sites excluding steroid dienone is 1. The van der Waals surface area contributed by atoms with E-state index in [0.29, 0.717) is 5.41 Å². The van der Waals surface area contributed by atoms with Crippen LogP contribution in [0, 0.1) is 17.3 Å². The standard InChI is InChI=1S/C13H22O3/c1-12(2)10-7-6-9(8-11(10)12)13(14-3,15-4)16-5/h8-10H,6-7H2,1-5H3. The topological polar surface area (TPSA) is 27.7 Å². The van der Waals surface area contributed by atoms with Crippen molar-refractivity contribution in [1.29, 1.82) is 0 Å². The van der Waals surface area contributed by atoms with Gasteiger partial charge in [-0.25, -0.2) is 0 Å². The molecule has 2 rings (SSSR count). The molecular weight excluding hydrogens is 204 g/mol. The van der Waals surface area contributed by atoms with E-state index in [0.717, 1.165) is 12.3 Å². The molecule has 1 saturated carbocycles. The molecule has 92 valence electrons. The molecule has 0 aromatic carbocycles. The van der Waals surface area contributed by atoms with Crippen LogP contribution in [0.1, 0.15) is 26.7 Å². The van der Waals surface area contributed by atoms with Crippen molar-refractivity contribution in [3.8, 4) is 0 Å². The molecule has 16 heavy (non-hydrogen) atoms. The van der Waals surface area contributed by atoms with Gasteiger partial charge in [-0.3, -0.25) is 0 Å². The third-order valence-electron chi connectivity index (χ3n) is 4.36. The smallest absolute Gasteiger partial charge is 0.288 e. The van der Waals surface area contributed by atoms with E-state index in [1.165, 1.54) is 6.42 Å². The van der Waals surface area contributed by atoms with Crippen LogP contribution in [-0.4, -0.2) is 27.3 Å². The predicted octanol–water partition coefficient (Wildman–Crippen LogP) is 2.57. The Hall–Kier alpha value is -0.380. The van der Waals surface area contributed by atoms with Crippen LogP contribution in [-0.2, 0) is 14.2 Å². The zero-order valence-electron chi connectivity index (χ0n) is 10.9. The SMILES string of the molecule is COC(OC)(OC)C1C=C2C(CC1)C2(C)C. The van der Waals surface area contributed by atoms with Gasteiger partial charge in [-0.2, -0.15) is 0 Å². The van der Waals surface area contributed by atoms with E-state index in [-0.39, 0.29) is 5.92 Å². The largest absolute Gasteiger partial charge is 0.330 e. The zero-order chi connectivity index (χ0) is 12.0. The van der Waals surface area contributed by atoms with Crippen LogP contribution in [0.4, 0.5) is 0 Å². The molecule has 3 heteroatoms. The van der Waals surface area contributed by atoms with Gasteiger partial charge in [0.25, 0.3) is 5.97 Å². The number of hydrogen-bond donors (Lipinski definition) is 0. The van der Waals surface area contributed by atoms with E-state index in [1.54, 1.807) is 26.9 Å². The van der Waals surface area contributed by atoms with Crippen molar-refractivity contribution in [1.82, 2.24) is 0 Å². The maximum atomic E-state index is 5.42. The number of methoxy groups -OCH3 is 3. The van der Waals surface area contributed by atoms with E-state index in [4.69, 9.17) is 14.2 Å². The molecule has 0 aliphatic heterocycles. The molecule has 0 bridgehead atoms. The summed E-state index contributed by atoms with van der Waals surface area (Å²) in [6, 6.07) is 0. The highest BCUT2D eigenvalue weighted by Crippen LogP contribution is 2.63. The summed E-state index contributed by atoms with van der Waals surface area (Å²) in [6.07, 6.45) is 4.57. The first-order valence-electron chi connectivity index (χ1n) is 5.89. The zero-order valence-corrected chi connectivity index (χ0v) is 10.9. The number of hydrogen-bond acceptors (Lipinski definition) is 3. The predicted molar refractivity (Wildman–Crippen MR) is 61.8 cm³/mol. The van der Waals surface area contributed by atoms with Gasteiger partial charge in [-0.15, -0.1) is 0 Å². The Labute approximate surface area is 97.8 Å². The fourth-order valence-electron chi connectivity index (χ4n) is 3.15. The lowest BCUT2D eigenvalue weighted by Crippen LogP contribution is -2.43. The minimum Gasteiger partial charge on any atom is -0.330 e. The molecular formula is C13H22O3. The molecule has 0 heterocycles. The lowest BCUT2D eigenvalue weighted by atomic mass is 9.93. The van der Waals surface area contributed by atoms with Crippen LogP contribution >= 0.6 is 0 Å². The van der Waals surface area contributed by atoms with Crippen molar-refractivity contribution in [2.24, 2.45) is 17.3 Å². The lowest BCUT2D eigenvalue weighted by Gasteiger charge is -2.35. The molecule has 1 fully saturated rings. The van der Waals surface area contributed by atoms with Crippen molar-refractivity contribution in [2.45, 2.75) is 32.7 Å². The molecule has 2 aliphatic rings. The van der Waals surface area contributed by atoms with E-state index >= 15 is 0 Å². The highest BCUT2D eigenvalue weighted by molar-refractivity contribution is 5.38. The summed E-state index contributed by atoms with van der Waals surface area (Å²) in [7, 11) is 4.90. The Morgan fingerprint density at radius 3 is 2.12 bits per heavy atom. The van der Waals surface area contributed by atoms with E-state index in [2.05, 4.69) is 19.9 Å². The summed E-state index contributed by atoms with van der Waals surface area (Å²) in [6.45, 7) is 4.61. The summed E-state index contributed by atoms with van der Waals surface area (Å²) in [5.41, 5.74) is 1.93. The van der Waals surface area contributed by atoms with Crippen molar-refractivity contribution >= 4 is 0 Å². The second kappa shape index (κ2) is 3.83. The average Bonchev–Trinajstić information content (AvgIpc) is 2.85. The molecule has 2 aliphatic carbocycles. The Kier molecular flexibility index (Phi) is 2.89.